The average Bonchev–Trinajstić information content (AvgIpc) is 2.97. The van der Waals surface area contributed by atoms with Crippen LogP contribution in [0.1, 0.15) is 46.8 Å². The average molecular weight is 526 g/mol. The molecule has 2 aromatic carbocycles. The topological polar surface area (TPSA) is 34.6 Å². The number of thiocarbonyl (C=S) groups is 1. The highest BCUT2D eigenvalue weighted by atomic mass is 32.1. The van der Waals surface area contributed by atoms with E-state index in [0.717, 1.165) is 63.5 Å². The van der Waals surface area contributed by atoms with Gasteiger partial charge in [-0.3, -0.25) is 9.88 Å². The van der Waals surface area contributed by atoms with E-state index in [4.69, 9.17) is 17.2 Å². The van der Waals surface area contributed by atoms with E-state index in [1.807, 2.05) is 6.20 Å². The zero-order chi connectivity index (χ0) is 25.9. The maximum Gasteiger partial charge on any atom is 0.0824 e. The van der Waals surface area contributed by atoms with Crippen LogP contribution in [0.25, 0.3) is 0 Å². The smallest absolute Gasteiger partial charge is 0.0824 e. The van der Waals surface area contributed by atoms with E-state index in [-0.39, 0.29) is 0 Å². The Hall–Kier alpha value is -2.80. The largest absolute Gasteiger partial charge is 0.368 e. The maximum atomic E-state index is 5.83. The van der Waals surface area contributed by atoms with Gasteiger partial charge in [-0.25, -0.2) is 0 Å². The van der Waals surface area contributed by atoms with Crippen LogP contribution in [0.5, 0.6) is 0 Å². The molecular weight excluding hydrogens is 486 g/mol. The highest BCUT2D eigenvalue weighted by Crippen LogP contribution is 2.33. The zero-order valence-corrected chi connectivity index (χ0v) is 23.3. The van der Waals surface area contributed by atoms with Crippen molar-refractivity contribution in [3.8, 4) is 0 Å². The third kappa shape index (κ3) is 5.49. The van der Waals surface area contributed by atoms with Crippen molar-refractivity contribution in [2.45, 2.75) is 50.7 Å². The normalized spacial score (nSPS) is 21.2. The fourth-order valence-corrected chi connectivity index (χ4v) is 6.94. The van der Waals surface area contributed by atoms with Crippen LogP contribution in [0.3, 0.4) is 0 Å². The first-order valence-electron chi connectivity index (χ1n) is 14.2. The number of nitrogens with zero attached hydrogens (tertiary/aromatic N) is 4. The van der Waals surface area contributed by atoms with Gasteiger partial charge in [-0.15, -0.1) is 0 Å². The number of nitrogens with one attached hydrogen (secondary N) is 1. The van der Waals surface area contributed by atoms with Crippen molar-refractivity contribution in [2.24, 2.45) is 0 Å². The molecule has 0 bridgehead atoms. The predicted molar refractivity (Wildman–Crippen MR) is 160 cm³/mol. The number of likely N-dealkylation sites (N-methyl/N-ethyl adjacent to an activating group) is 1. The van der Waals surface area contributed by atoms with Crippen LogP contribution in [0.2, 0.25) is 0 Å². The predicted octanol–water partition coefficient (Wildman–Crippen LogP) is 4.80. The molecule has 0 spiro atoms. The highest BCUT2D eigenvalue weighted by molar-refractivity contribution is 7.80. The summed E-state index contributed by atoms with van der Waals surface area (Å²) >= 11 is 5.83. The number of anilines is 1. The van der Waals surface area contributed by atoms with Gasteiger partial charge in [-0.1, -0.05) is 60.7 Å². The van der Waals surface area contributed by atoms with Crippen LogP contribution in [-0.4, -0.2) is 65.6 Å². The molecule has 1 saturated heterocycles. The second-order valence-corrected chi connectivity index (χ2v) is 11.6. The third-order valence-corrected chi connectivity index (χ3v) is 9.06. The van der Waals surface area contributed by atoms with Crippen LogP contribution in [0.15, 0.2) is 66.9 Å². The molecule has 2 aliphatic heterocycles. The molecule has 3 aromatic rings. The van der Waals surface area contributed by atoms with Gasteiger partial charge in [0.1, 0.15) is 0 Å². The van der Waals surface area contributed by atoms with E-state index < -0.39 is 0 Å². The molecule has 198 valence electrons. The van der Waals surface area contributed by atoms with Gasteiger partial charge < -0.3 is 15.1 Å². The zero-order valence-electron chi connectivity index (χ0n) is 22.5. The van der Waals surface area contributed by atoms with E-state index in [0.29, 0.717) is 12.1 Å². The first kappa shape index (κ1) is 25.5. The van der Waals surface area contributed by atoms with Crippen LogP contribution >= 0.6 is 12.2 Å². The molecule has 1 aliphatic carbocycles. The summed E-state index contributed by atoms with van der Waals surface area (Å²) in [6.07, 6.45) is 7.50. The Balaban J connectivity index is 1.09. The summed E-state index contributed by atoms with van der Waals surface area (Å²) in [7, 11) is 2.29. The molecule has 0 unspecified atom stereocenters. The van der Waals surface area contributed by atoms with Crippen molar-refractivity contribution in [3.05, 3.63) is 94.8 Å². The molecule has 1 fully saturated rings. The maximum absolute atomic E-state index is 5.83. The molecule has 3 heterocycles. The minimum absolute atomic E-state index is 0.422. The van der Waals surface area contributed by atoms with Crippen molar-refractivity contribution in [2.75, 3.05) is 44.7 Å². The molecule has 6 heteroatoms. The second kappa shape index (κ2) is 11.5. The number of benzene rings is 2. The van der Waals surface area contributed by atoms with Gasteiger partial charge in [0, 0.05) is 63.6 Å². The minimum Gasteiger partial charge on any atom is -0.368 e. The summed E-state index contributed by atoms with van der Waals surface area (Å²) in [5.74, 6) is 0. The van der Waals surface area contributed by atoms with Gasteiger partial charge in [0.15, 0.2) is 0 Å². The lowest BCUT2D eigenvalue weighted by atomic mass is 9.89. The SMILES string of the molecule is CN(C[C@H]1Cc2c(cccc2N2CCN(C(=S)Cc3ccccc3)CC2)CN1)[C@H]1CCCc2cccnc21. The molecule has 0 radical (unpaired) electrons. The molecule has 2 atom stereocenters. The molecule has 0 saturated carbocycles. The number of piperazine rings is 1. The standard InChI is InChI=1S/C32H39N5S/c1-35(30-14-5-10-25-12-7-15-33-32(25)30)23-27-21-28-26(22-34-27)11-6-13-29(28)36-16-18-37(19-17-36)31(38)20-24-8-3-2-4-9-24/h2-4,6-9,11-13,15,27,30,34H,5,10,14,16-23H2,1H3/t27-,30+/m1/s1. The summed E-state index contributed by atoms with van der Waals surface area (Å²) in [6, 6.07) is 22.7. The van der Waals surface area contributed by atoms with E-state index in [2.05, 4.69) is 87.7 Å². The Labute approximate surface area is 232 Å². The van der Waals surface area contributed by atoms with Gasteiger partial charge in [0.2, 0.25) is 0 Å². The lowest BCUT2D eigenvalue weighted by molar-refractivity contribution is 0.191. The van der Waals surface area contributed by atoms with Crippen LogP contribution in [0.4, 0.5) is 5.69 Å². The lowest BCUT2D eigenvalue weighted by Crippen LogP contribution is -2.50. The molecule has 5 nitrogen and oxygen atoms in total. The van der Waals surface area contributed by atoms with Crippen molar-refractivity contribution in [3.63, 3.8) is 0 Å². The van der Waals surface area contributed by atoms with Gasteiger partial charge >= 0.3 is 0 Å². The lowest BCUT2D eigenvalue weighted by Gasteiger charge is -2.40. The van der Waals surface area contributed by atoms with Crippen LogP contribution in [0, 0.1) is 0 Å². The molecule has 1 N–H and O–H groups in total. The van der Waals surface area contributed by atoms with Crippen molar-refractivity contribution >= 4 is 22.9 Å². The first-order valence-corrected chi connectivity index (χ1v) is 14.6. The summed E-state index contributed by atoms with van der Waals surface area (Å²) in [5.41, 5.74) is 8.44. The van der Waals surface area contributed by atoms with Crippen molar-refractivity contribution < 1.29 is 0 Å². The monoisotopic (exact) mass is 525 g/mol. The van der Waals surface area contributed by atoms with E-state index in [9.17, 15) is 0 Å². The Morgan fingerprint density at radius 2 is 1.82 bits per heavy atom. The Bertz CT molecular complexity index is 1250. The number of aryl methyl sites for hydroxylation is 1. The van der Waals surface area contributed by atoms with Crippen LogP contribution in [-0.2, 0) is 25.8 Å². The van der Waals surface area contributed by atoms with Crippen molar-refractivity contribution in [1.82, 2.24) is 20.1 Å². The van der Waals surface area contributed by atoms with Gasteiger partial charge in [-0.05, 0) is 67.1 Å². The Morgan fingerprint density at radius 1 is 1.00 bits per heavy atom. The van der Waals surface area contributed by atoms with E-state index in [1.54, 1.807) is 0 Å². The quantitative estimate of drug-likeness (QED) is 0.466. The number of fused-ring (bicyclic) bond motifs is 2. The number of hydrogen-bond acceptors (Lipinski definition) is 5. The molecule has 38 heavy (non-hydrogen) atoms. The summed E-state index contributed by atoms with van der Waals surface area (Å²) in [4.78, 5) is 13.4. The first-order chi connectivity index (χ1) is 18.7. The van der Waals surface area contributed by atoms with Gasteiger partial charge in [0.05, 0.1) is 16.7 Å². The van der Waals surface area contributed by atoms with E-state index >= 15 is 0 Å². The highest BCUT2D eigenvalue weighted by Gasteiger charge is 2.29. The number of pyridine rings is 1. The molecule has 0 amide bonds. The molecule has 3 aliphatic rings. The van der Waals surface area contributed by atoms with Gasteiger partial charge in [0.25, 0.3) is 0 Å². The number of rotatable bonds is 6. The second-order valence-electron chi connectivity index (χ2n) is 11.1. The number of hydrogen-bond donors (Lipinski definition) is 1. The fourth-order valence-electron chi connectivity index (χ4n) is 6.59. The molecule has 1 aromatic heterocycles. The van der Waals surface area contributed by atoms with Gasteiger partial charge in [-0.2, -0.15) is 0 Å². The Morgan fingerprint density at radius 3 is 2.66 bits per heavy atom. The summed E-state index contributed by atoms with van der Waals surface area (Å²) < 4.78 is 0. The molecular formula is C32H39N5S. The number of aromatic nitrogens is 1. The van der Waals surface area contributed by atoms with Crippen molar-refractivity contribution in [1.29, 1.82) is 0 Å². The Kier molecular flexibility index (Phi) is 7.72. The third-order valence-electron chi connectivity index (χ3n) is 8.66. The van der Waals surface area contributed by atoms with Crippen LogP contribution < -0.4 is 10.2 Å². The fraction of sp³-hybridized carbons (Fsp3) is 0.438. The minimum atomic E-state index is 0.422. The molecule has 6 rings (SSSR count). The summed E-state index contributed by atoms with van der Waals surface area (Å²) in [5, 5.41) is 3.84. The van der Waals surface area contributed by atoms with E-state index in [1.165, 1.54) is 46.5 Å². The summed E-state index contributed by atoms with van der Waals surface area (Å²) in [6.45, 7) is 6.02.